The van der Waals surface area contributed by atoms with Gasteiger partial charge in [-0.05, 0) is 25.3 Å². The van der Waals surface area contributed by atoms with E-state index in [2.05, 4.69) is 21.4 Å². The molecular weight excluding hydrogens is 220 g/mol. The Bertz CT molecular complexity index is 358. The van der Waals surface area contributed by atoms with E-state index in [0.29, 0.717) is 6.04 Å². The van der Waals surface area contributed by atoms with Crippen molar-refractivity contribution in [2.45, 2.75) is 36.5 Å². The molecule has 1 aliphatic carbocycles. The Morgan fingerprint density at radius 3 is 2.88 bits per heavy atom. The molecule has 1 unspecified atom stereocenters. The van der Waals surface area contributed by atoms with Gasteiger partial charge in [0.1, 0.15) is 0 Å². The van der Waals surface area contributed by atoms with Crippen molar-refractivity contribution < 1.29 is 0 Å². The molecule has 4 nitrogen and oxygen atoms in total. The molecule has 0 amide bonds. The highest BCUT2D eigenvalue weighted by atomic mass is 32.2. The van der Waals surface area contributed by atoms with Crippen molar-refractivity contribution in [2.24, 2.45) is 0 Å². The van der Waals surface area contributed by atoms with E-state index in [1.54, 1.807) is 30.2 Å². The van der Waals surface area contributed by atoms with E-state index < -0.39 is 0 Å². The molecule has 0 aromatic carbocycles. The first-order valence-electron chi connectivity index (χ1n) is 5.44. The van der Waals surface area contributed by atoms with E-state index in [9.17, 15) is 0 Å². The average Bonchev–Trinajstić information content (AvgIpc) is 3.13. The minimum Gasteiger partial charge on any atom is -0.299 e. The van der Waals surface area contributed by atoms with Gasteiger partial charge in [-0.25, -0.2) is 9.97 Å². The maximum atomic E-state index is 8.95. The zero-order chi connectivity index (χ0) is 11.2. The lowest BCUT2D eigenvalue weighted by Crippen LogP contribution is -2.29. The third kappa shape index (κ3) is 3.80. The first kappa shape index (κ1) is 11.4. The van der Waals surface area contributed by atoms with Gasteiger partial charge < -0.3 is 0 Å². The highest BCUT2D eigenvalue weighted by Gasteiger charge is 2.24. The molecule has 5 heteroatoms. The lowest BCUT2D eigenvalue weighted by Gasteiger charge is -2.09. The third-order valence-electron chi connectivity index (χ3n) is 2.35. The molecule has 0 saturated heterocycles. The predicted octanol–water partition coefficient (Wildman–Crippen LogP) is 1.60. The van der Waals surface area contributed by atoms with Crippen LogP contribution in [0.5, 0.6) is 0 Å². The number of nitriles is 1. The van der Waals surface area contributed by atoms with Gasteiger partial charge in [0.2, 0.25) is 0 Å². The molecule has 0 bridgehead atoms. The monoisotopic (exact) mass is 234 g/mol. The quantitative estimate of drug-likeness (QED) is 0.598. The van der Waals surface area contributed by atoms with Crippen LogP contribution < -0.4 is 5.32 Å². The van der Waals surface area contributed by atoms with Crippen LogP contribution in [0.15, 0.2) is 23.6 Å². The van der Waals surface area contributed by atoms with Crippen molar-refractivity contribution in [3.05, 3.63) is 18.5 Å². The molecule has 0 spiro atoms. The van der Waals surface area contributed by atoms with E-state index in [1.165, 1.54) is 12.8 Å². The van der Waals surface area contributed by atoms with E-state index in [-0.39, 0.29) is 6.04 Å². The van der Waals surface area contributed by atoms with Crippen molar-refractivity contribution in [2.75, 3.05) is 5.75 Å². The smallest absolute Gasteiger partial charge is 0.187 e. The van der Waals surface area contributed by atoms with Gasteiger partial charge in [0.15, 0.2) is 5.16 Å². The highest BCUT2D eigenvalue weighted by molar-refractivity contribution is 7.99. The van der Waals surface area contributed by atoms with Gasteiger partial charge in [0.05, 0.1) is 12.1 Å². The molecule has 1 saturated carbocycles. The summed E-state index contributed by atoms with van der Waals surface area (Å²) in [6, 6.07) is 4.66. The summed E-state index contributed by atoms with van der Waals surface area (Å²) in [6.07, 6.45) is 6.75. The molecule has 2 rings (SSSR count). The summed E-state index contributed by atoms with van der Waals surface area (Å²) in [4.78, 5) is 8.25. The van der Waals surface area contributed by atoms with Crippen molar-refractivity contribution in [1.82, 2.24) is 15.3 Å². The molecule has 0 radical (unpaired) electrons. The molecule has 1 aliphatic rings. The Balaban J connectivity index is 1.68. The summed E-state index contributed by atoms with van der Waals surface area (Å²) >= 11 is 1.60. The Labute approximate surface area is 99.5 Å². The topological polar surface area (TPSA) is 61.6 Å². The van der Waals surface area contributed by atoms with E-state index in [0.717, 1.165) is 17.3 Å². The lowest BCUT2D eigenvalue weighted by molar-refractivity contribution is 0.587. The van der Waals surface area contributed by atoms with Crippen molar-refractivity contribution in [3.8, 4) is 6.07 Å². The second-order valence-corrected chi connectivity index (χ2v) is 4.85. The molecule has 84 valence electrons. The zero-order valence-electron chi connectivity index (χ0n) is 8.97. The molecular formula is C11H14N4S. The fraction of sp³-hybridized carbons (Fsp3) is 0.545. The van der Waals surface area contributed by atoms with Gasteiger partial charge in [-0.15, -0.1) is 0 Å². The number of hydrogen-bond donors (Lipinski definition) is 1. The van der Waals surface area contributed by atoms with Crippen LogP contribution in [0.3, 0.4) is 0 Å². The number of aromatic nitrogens is 2. The number of nitrogens with zero attached hydrogens (tertiary/aromatic N) is 3. The maximum Gasteiger partial charge on any atom is 0.187 e. The Hall–Kier alpha value is -1.12. The highest BCUT2D eigenvalue weighted by Crippen LogP contribution is 2.20. The number of hydrogen-bond acceptors (Lipinski definition) is 5. The summed E-state index contributed by atoms with van der Waals surface area (Å²) in [5.41, 5.74) is 0. The number of thioether (sulfide) groups is 1. The molecule has 1 atom stereocenters. The predicted molar refractivity (Wildman–Crippen MR) is 62.9 cm³/mol. The van der Waals surface area contributed by atoms with E-state index in [1.807, 2.05) is 0 Å². The van der Waals surface area contributed by atoms with Crippen LogP contribution in [0.2, 0.25) is 0 Å². The second-order valence-electron chi connectivity index (χ2n) is 3.79. The third-order valence-corrected chi connectivity index (χ3v) is 3.26. The average molecular weight is 234 g/mol. The summed E-state index contributed by atoms with van der Waals surface area (Å²) in [5, 5.41) is 13.0. The molecule has 0 aliphatic heterocycles. The molecule has 1 heterocycles. The van der Waals surface area contributed by atoms with Gasteiger partial charge in [-0.2, -0.15) is 5.26 Å². The summed E-state index contributed by atoms with van der Waals surface area (Å²) in [5.74, 6) is 0.877. The van der Waals surface area contributed by atoms with Crippen LogP contribution in [0.1, 0.15) is 19.3 Å². The van der Waals surface area contributed by atoms with Gasteiger partial charge in [0, 0.05) is 24.2 Å². The molecule has 1 fully saturated rings. The van der Waals surface area contributed by atoms with Gasteiger partial charge in [-0.1, -0.05) is 11.8 Å². The maximum absolute atomic E-state index is 8.95. The SMILES string of the molecule is N#CC(CCSc1ncccn1)NC1CC1. The lowest BCUT2D eigenvalue weighted by atomic mass is 10.2. The van der Waals surface area contributed by atoms with Crippen LogP contribution in [-0.4, -0.2) is 27.8 Å². The number of rotatable bonds is 6. The van der Waals surface area contributed by atoms with Crippen LogP contribution in [0.4, 0.5) is 0 Å². The molecule has 1 aromatic rings. The fourth-order valence-electron chi connectivity index (χ4n) is 1.35. The molecule has 1 aromatic heterocycles. The van der Waals surface area contributed by atoms with Crippen molar-refractivity contribution in [1.29, 1.82) is 5.26 Å². The van der Waals surface area contributed by atoms with Crippen LogP contribution in [0.25, 0.3) is 0 Å². The minimum absolute atomic E-state index is 0.0243. The van der Waals surface area contributed by atoms with Crippen molar-refractivity contribution in [3.63, 3.8) is 0 Å². The van der Waals surface area contributed by atoms with Crippen LogP contribution >= 0.6 is 11.8 Å². The first-order valence-corrected chi connectivity index (χ1v) is 6.42. The van der Waals surface area contributed by atoms with E-state index in [4.69, 9.17) is 5.26 Å². The zero-order valence-corrected chi connectivity index (χ0v) is 9.78. The van der Waals surface area contributed by atoms with Crippen molar-refractivity contribution >= 4 is 11.8 Å². The van der Waals surface area contributed by atoms with E-state index >= 15 is 0 Å². The minimum atomic E-state index is -0.0243. The standard InChI is InChI=1S/C11H14N4S/c12-8-10(15-9-2-3-9)4-7-16-11-13-5-1-6-14-11/h1,5-6,9-10,15H,2-4,7H2. The Kier molecular flexibility index (Phi) is 4.14. The van der Waals surface area contributed by atoms with Gasteiger partial charge in [0.25, 0.3) is 0 Å². The Morgan fingerprint density at radius 1 is 1.50 bits per heavy atom. The summed E-state index contributed by atoms with van der Waals surface area (Å²) < 4.78 is 0. The molecule has 1 N–H and O–H groups in total. The van der Waals surface area contributed by atoms with Crippen LogP contribution in [0, 0.1) is 11.3 Å². The fourth-order valence-corrected chi connectivity index (χ4v) is 2.15. The summed E-state index contributed by atoms with van der Waals surface area (Å²) in [7, 11) is 0. The molecule has 16 heavy (non-hydrogen) atoms. The normalized spacial score (nSPS) is 16.7. The summed E-state index contributed by atoms with van der Waals surface area (Å²) in [6.45, 7) is 0. The van der Waals surface area contributed by atoms with Gasteiger partial charge >= 0.3 is 0 Å². The Morgan fingerprint density at radius 2 is 2.25 bits per heavy atom. The largest absolute Gasteiger partial charge is 0.299 e. The van der Waals surface area contributed by atoms with Crippen LogP contribution in [-0.2, 0) is 0 Å². The van der Waals surface area contributed by atoms with Gasteiger partial charge in [-0.3, -0.25) is 5.32 Å². The number of nitrogens with one attached hydrogen (secondary N) is 1. The first-order chi connectivity index (χ1) is 7.88. The second kappa shape index (κ2) is 5.83.